The zero-order valence-corrected chi connectivity index (χ0v) is 24.4. The van der Waals surface area contributed by atoms with E-state index in [0.29, 0.717) is 25.7 Å². The summed E-state index contributed by atoms with van der Waals surface area (Å²) < 4.78 is 12.2. The molecule has 212 valence electrons. The fourth-order valence-corrected chi connectivity index (χ4v) is 7.35. The fraction of sp³-hybridized carbons (Fsp3) is 0.567. The van der Waals surface area contributed by atoms with Gasteiger partial charge in [0, 0.05) is 30.2 Å². The van der Waals surface area contributed by atoms with E-state index in [4.69, 9.17) is 9.47 Å². The molecule has 1 N–H and O–H groups in total. The van der Waals surface area contributed by atoms with Crippen molar-refractivity contribution < 1.29 is 29.0 Å². The first-order valence-electron chi connectivity index (χ1n) is 13.7. The number of anilines is 1. The first-order valence-corrected chi connectivity index (χ1v) is 14.6. The third kappa shape index (κ3) is 5.33. The van der Waals surface area contributed by atoms with Gasteiger partial charge in [0.25, 0.3) is 5.91 Å². The minimum absolute atomic E-state index is 0.0119. The molecule has 0 saturated carbocycles. The lowest BCUT2D eigenvalue weighted by Gasteiger charge is -2.37. The number of esters is 1. The van der Waals surface area contributed by atoms with Crippen LogP contribution in [0.3, 0.4) is 0 Å². The normalized spacial score (nSPS) is 28.9. The zero-order valence-electron chi connectivity index (χ0n) is 22.8. The molecule has 1 spiro atoms. The van der Waals surface area contributed by atoms with Crippen LogP contribution < -0.4 is 4.90 Å². The third-order valence-corrected chi connectivity index (χ3v) is 8.98. The number of benzene rings is 1. The van der Waals surface area contributed by atoms with E-state index < -0.39 is 35.6 Å². The number of fused-ring (bicyclic) bond motifs is 1. The van der Waals surface area contributed by atoms with Gasteiger partial charge in [0.15, 0.2) is 0 Å². The van der Waals surface area contributed by atoms with Gasteiger partial charge in [-0.1, -0.05) is 40.2 Å². The van der Waals surface area contributed by atoms with Crippen LogP contribution >= 0.6 is 15.9 Å². The minimum atomic E-state index is -1.16. The summed E-state index contributed by atoms with van der Waals surface area (Å²) in [4.78, 5) is 45.0. The number of aliphatic hydroxyl groups is 1. The van der Waals surface area contributed by atoms with Gasteiger partial charge >= 0.3 is 5.97 Å². The Morgan fingerprint density at radius 1 is 1.26 bits per heavy atom. The SMILES string of the molecule is C=CCCCOC(=O)[C@H]1[C@@H]2OC3(CC2Br)C(C(=O)N(CC=C)c2cc(C)ccc2C)N(CCCCO)C(=O)[C@H]13. The highest BCUT2D eigenvalue weighted by Gasteiger charge is 2.77. The Hall–Kier alpha value is -2.49. The second-order valence-electron chi connectivity index (χ2n) is 10.8. The van der Waals surface area contributed by atoms with Gasteiger partial charge in [0.1, 0.15) is 11.6 Å². The summed E-state index contributed by atoms with van der Waals surface area (Å²) in [5, 5.41) is 9.39. The molecule has 6 atom stereocenters. The maximum Gasteiger partial charge on any atom is 0.312 e. The lowest BCUT2D eigenvalue weighted by molar-refractivity contribution is -0.155. The maximum atomic E-state index is 14.6. The van der Waals surface area contributed by atoms with E-state index >= 15 is 0 Å². The second-order valence-corrected chi connectivity index (χ2v) is 11.9. The first-order chi connectivity index (χ1) is 18.7. The number of ether oxygens (including phenoxy) is 2. The van der Waals surface area contributed by atoms with Crippen molar-refractivity contribution in [3.8, 4) is 0 Å². The monoisotopic (exact) mass is 602 g/mol. The van der Waals surface area contributed by atoms with Gasteiger partial charge in [-0.15, -0.1) is 13.2 Å². The van der Waals surface area contributed by atoms with Crippen LogP contribution in [0.4, 0.5) is 5.69 Å². The van der Waals surface area contributed by atoms with Gasteiger partial charge in [-0.2, -0.15) is 0 Å². The molecular formula is C30H39BrN2O6. The van der Waals surface area contributed by atoms with Gasteiger partial charge < -0.3 is 24.4 Å². The molecule has 3 saturated heterocycles. The van der Waals surface area contributed by atoms with E-state index in [0.717, 1.165) is 23.2 Å². The Morgan fingerprint density at radius 3 is 2.72 bits per heavy atom. The van der Waals surface area contributed by atoms with Gasteiger partial charge in [0.05, 0.1) is 24.5 Å². The number of unbranched alkanes of at least 4 members (excludes halogenated alkanes) is 2. The molecule has 3 aliphatic rings. The van der Waals surface area contributed by atoms with Crippen LogP contribution in [0.2, 0.25) is 0 Å². The second kappa shape index (κ2) is 12.4. The van der Waals surface area contributed by atoms with Crippen LogP contribution in [0.1, 0.15) is 43.2 Å². The van der Waals surface area contributed by atoms with E-state index in [1.165, 1.54) is 0 Å². The van der Waals surface area contributed by atoms with Crippen molar-refractivity contribution in [2.45, 2.75) is 68.5 Å². The number of halogens is 1. The number of hydrogen-bond donors (Lipinski definition) is 1. The van der Waals surface area contributed by atoms with Crippen molar-refractivity contribution >= 4 is 39.4 Å². The lowest BCUT2D eigenvalue weighted by Crippen LogP contribution is -2.57. The van der Waals surface area contributed by atoms with Gasteiger partial charge in [-0.25, -0.2) is 0 Å². The number of carbonyl (C=O) groups excluding carboxylic acids is 3. The molecule has 3 unspecified atom stereocenters. The molecule has 39 heavy (non-hydrogen) atoms. The average molecular weight is 604 g/mol. The predicted octanol–water partition coefficient (Wildman–Crippen LogP) is 3.85. The summed E-state index contributed by atoms with van der Waals surface area (Å²) in [6.07, 6.45) is 5.69. The van der Waals surface area contributed by atoms with Crippen molar-refractivity contribution in [2.24, 2.45) is 11.8 Å². The summed E-state index contributed by atoms with van der Waals surface area (Å²) in [6.45, 7) is 12.3. The van der Waals surface area contributed by atoms with E-state index in [1.807, 2.05) is 32.0 Å². The summed E-state index contributed by atoms with van der Waals surface area (Å²) in [5.74, 6) is -2.60. The van der Waals surface area contributed by atoms with Crippen molar-refractivity contribution in [1.29, 1.82) is 0 Å². The summed E-state index contributed by atoms with van der Waals surface area (Å²) in [6, 6.07) is 5.01. The van der Waals surface area contributed by atoms with Gasteiger partial charge in [-0.05, 0) is 63.1 Å². The number of hydrogen-bond acceptors (Lipinski definition) is 6. The van der Waals surface area contributed by atoms with Crippen molar-refractivity contribution in [3.63, 3.8) is 0 Å². The zero-order chi connectivity index (χ0) is 28.3. The molecule has 1 aromatic carbocycles. The molecule has 3 heterocycles. The molecule has 8 nitrogen and oxygen atoms in total. The molecular weight excluding hydrogens is 564 g/mol. The minimum Gasteiger partial charge on any atom is -0.465 e. The van der Waals surface area contributed by atoms with E-state index in [1.54, 1.807) is 22.0 Å². The highest BCUT2D eigenvalue weighted by Crippen LogP contribution is 2.60. The van der Waals surface area contributed by atoms with Crippen LogP contribution in [0.25, 0.3) is 0 Å². The largest absolute Gasteiger partial charge is 0.465 e. The fourth-order valence-electron chi connectivity index (χ4n) is 6.40. The number of allylic oxidation sites excluding steroid dienone is 1. The Labute approximate surface area is 239 Å². The predicted molar refractivity (Wildman–Crippen MR) is 153 cm³/mol. The summed E-state index contributed by atoms with van der Waals surface area (Å²) >= 11 is 3.69. The molecule has 3 fully saturated rings. The molecule has 0 radical (unpaired) electrons. The van der Waals surface area contributed by atoms with E-state index in [2.05, 4.69) is 29.1 Å². The topological polar surface area (TPSA) is 96.4 Å². The molecule has 3 aliphatic heterocycles. The van der Waals surface area contributed by atoms with Crippen LogP contribution in [-0.4, -0.2) is 76.7 Å². The Bertz CT molecular complexity index is 1120. The maximum absolute atomic E-state index is 14.6. The van der Waals surface area contributed by atoms with Crippen molar-refractivity contribution in [1.82, 2.24) is 4.90 Å². The standard InChI is InChI=1S/C30H39BrN2O6/c1-5-7-10-16-38-29(37)23-24-27(35)33(14-8-9-15-34)26(30(24)18-21(31)25(23)39-30)28(36)32(13-6-2)22-17-19(3)11-12-20(22)4/h5-6,11-12,17,21,23-26,34H,1-2,7-10,13-16,18H2,3-4H3/t21?,23-,24+,25-,26?,30?/m1/s1. The van der Waals surface area contributed by atoms with Crippen molar-refractivity contribution in [3.05, 3.63) is 54.6 Å². The molecule has 0 aromatic heterocycles. The summed E-state index contributed by atoms with van der Waals surface area (Å²) in [5.41, 5.74) is 1.53. The quantitative estimate of drug-likeness (QED) is 0.159. The Balaban J connectivity index is 1.74. The number of nitrogens with zero attached hydrogens (tertiary/aromatic N) is 2. The number of amides is 2. The summed E-state index contributed by atoms with van der Waals surface area (Å²) in [7, 11) is 0. The van der Waals surface area contributed by atoms with Gasteiger partial charge in [-0.3, -0.25) is 14.4 Å². The Kier molecular flexibility index (Phi) is 9.34. The first kappa shape index (κ1) is 29.5. The number of aliphatic hydroxyl groups excluding tert-OH is 1. The number of alkyl halides is 1. The molecule has 9 heteroatoms. The Morgan fingerprint density at radius 2 is 2.03 bits per heavy atom. The number of carbonyl (C=O) groups is 3. The highest BCUT2D eigenvalue weighted by molar-refractivity contribution is 9.09. The smallest absolute Gasteiger partial charge is 0.312 e. The van der Waals surface area contributed by atoms with E-state index in [9.17, 15) is 19.5 Å². The molecule has 0 aliphatic carbocycles. The van der Waals surface area contributed by atoms with Crippen molar-refractivity contribution in [2.75, 3.05) is 31.2 Å². The highest BCUT2D eigenvalue weighted by atomic mass is 79.9. The molecule has 4 rings (SSSR count). The molecule has 2 bridgehead atoms. The molecule has 1 aromatic rings. The van der Waals surface area contributed by atoms with Gasteiger partial charge in [0.2, 0.25) is 5.91 Å². The average Bonchev–Trinajstić information content (AvgIpc) is 3.50. The van der Waals surface area contributed by atoms with Crippen LogP contribution in [0.5, 0.6) is 0 Å². The van der Waals surface area contributed by atoms with E-state index in [-0.39, 0.29) is 42.9 Å². The number of rotatable bonds is 13. The van der Waals surface area contributed by atoms with Crippen LogP contribution in [0, 0.1) is 25.7 Å². The van der Waals surface area contributed by atoms with Crippen LogP contribution in [-0.2, 0) is 23.9 Å². The van der Waals surface area contributed by atoms with Crippen LogP contribution in [0.15, 0.2) is 43.5 Å². The lowest BCUT2D eigenvalue weighted by atomic mass is 9.70. The molecule has 2 amide bonds. The third-order valence-electron chi connectivity index (χ3n) is 8.13. The number of aryl methyl sites for hydroxylation is 2. The number of likely N-dealkylation sites (tertiary alicyclic amines) is 1.